The highest BCUT2D eigenvalue weighted by Gasteiger charge is 2.35. The maximum Gasteiger partial charge on any atom is 0.244 e. The molecule has 2 rings (SSSR count). The Hall–Kier alpha value is -0.860. The summed E-state index contributed by atoms with van der Waals surface area (Å²) in [5.41, 5.74) is 0. The summed E-state index contributed by atoms with van der Waals surface area (Å²) in [6.07, 6.45) is 1.02. The Bertz CT molecular complexity index is 836. The number of halogens is 2. The van der Waals surface area contributed by atoms with Gasteiger partial charge in [-0.1, -0.05) is 50.9 Å². The number of nitrogens with zero attached hydrogens (tertiary/aromatic N) is 3. The van der Waals surface area contributed by atoms with Crippen molar-refractivity contribution >= 4 is 39.1 Å². The lowest BCUT2D eigenvalue weighted by atomic mass is 9.96. The van der Waals surface area contributed by atoms with Gasteiger partial charge in [0.05, 0.1) is 5.02 Å². The van der Waals surface area contributed by atoms with Crippen LogP contribution in [0.4, 0.5) is 0 Å². The van der Waals surface area contributed by atoms with Gasteiger partial charge in [0, 0.05) is 43.7 Å². The van der Waals surface area contributed by atoms with Crippen molar-refractivity contribution in [2.24, 2.45) is 11.8 Å². The van der Waals surface area contributed by atoms with Gasteiger partial charge in [-0.2, -0.15) is 4.31 Å². The maximum atomic E-state index is 13.2. The first-order valence-electron chi connectivity index (χ1n) is 11.1. The standard InChI is InChI=1S/C22H35Cl2N3O3S/c1-5-25(6-2)13-14-26(16-17(3)4)22(28)18-9-11-27(12-10-18)31(29,30)21-15-19(23)7-8-20(21)24/h7-8,15,17-18H,5-6,9-14,16H2,1-4H3. The van der Waals surface area contributed by atoms with E-state index in [2.05, 4.69) is 32.6 Å². The fourth-order valence-electron chi connectivity index (χ4n) is 3.95. The number of hydrogen-bond acceptors (Lipinski definition) is 4. The molecule has 176 valence electrons. The van der Waals surface area contributed by atoms with Crippen molar-refractivity contribution in [2.75, 3.05) is 45.8 Å². The van der Waals surface area contributed by atoms with Gasteiger partial charge in [0.15, 0.2) is 0 Å². The van der Waals surface area contributed by atoms with Crippen LogP contribution in [-0.2, 0) is 14.8 Å². The Morgan fingerprint density at radius 2 is 1.74 bits per heavy atom. The van der Waals surface area contributed by atoms with Crippen molar-refractivity contribution in [2.45, 2.75) is 45.4 Å². The number of amides is 1. The first-order valence-corrected chi connectivity index (χ1v) is 13.3. The van der Waals surface area contributed by atoms with E-state index in [4.69, 9.17) is 23.2 Å². The molecule has 0 aromatic heterocycles. The minimum atomic E-state index is -3.75. The van der Waals surface area contributed by atoms with Crippen LogP contribution in [0.15, 0.2) is 23.1 Å². The molecule has 31 heavy (non-hydrogen) atoms. The smallest absolute Gasteiger partial charge is 0.244 e. The molecular formula is C22H35Cl2N3O3S. The van der Waals surface area contributed by atoms with E-state index >= 15 is 0 Å². The van der Waals surface area contributed by atoms with Crippen LogP contribution in [-0.4, -0.2) is 74.2 Å². The quantitative estimate of drug-likeness (QED) is 0.491. The fraction of sp³-hybridized carbons (Fsp3) is 0.682. The normalized spacial score (nSPS) is 16.3. The molecule has 0 atom stereocenters. The van der Waals surface area contributed by atoms with Crippen molar-refractivity contribution in [3.8, 4) is 0 Å². The van der Waals surface area contributed by atoms with Crippen LogP contribution in [0.3, 0.4) is 0 Å². The molecule has 0 spiro atoms. The first-order chi connectivity index (χ1) is 14.6. The van der Waals surface area contributed by atoms with Crippen LogP contribution in [0.2, 0.25) is 10.0 Å². The monoisotopic (exact) mass is 491 g/mol. The van der Waals surface area contributed by atoms with Gasteiger partial charge >= 0.3 is 0 Å². The van der Waals surface area contributed by atoms with E-state index in [-0.39, 0.29) is 21.7 Å². The zero-order chi connectivity index (χ0) is 23.2. The third kappa shape index (κ3) is 7.06. The van der Waals surface area contributed by atoms with Crippen LogP contribution < -0.4 is 0 Å². The molecule has 1 amide bonds. The maximum absolute atomic E-state index is 13.2. The summed E-state index contributed by atoms with van der Waals surface area (Å²) >= 11 is 12.1. The van der Waals surface area contributed by atoms with E-state index in [0.29, 0.717) is 43.4 Å². The minimum Gasteiger partial charge on any atom is -0.341 e. The topological polar surface area (TPSA) is 60.9 Å². The number of likely N-dealkylation sites (N-methyl/N-ethyl adjacent to an activating group) is 1. The van der Waals surface area contributed by atoms with Gasteiger partial charge in [0.1, 0.15) is 4.90 Å². The molecule has 9 heteroatoms. The number of benzene rings is 1. The zero-order valence-corrected chi connectivity index (χ0v) is 21.3. The predicted molar refractivity (Wildman–Crippen MR) is 127 cm³/mol. The molecule has 0 radical (unpaired) electrons. The van der Waals surface area contributed by atoms with E-state index in [9.17, 15) is 13.2 Å². The number of piperidine rings is 1. The Labute approximate surface area is 197 Å². The highest BCUT2D eigenvalue weighted by Crippen LogP contribution is 2.30. The van der Waals surface area contributed by atoms with Gasteiger partial charge in [-0.15, -0.1) is 0 Å². The van der Waals surface area contributed by atoms with Crippen molar-refractivity contribution in [3.63, 3.8) is 0 Å². The van der Waals surface area contributed by atoms with Crippen molar-refractivity contribution < 1.29 is 13.2 Å². The predicted octanol–water partition coefficient (Wildman–Crippen LogP) is 4.22. The summed E-state index contributed by atoms with van der Waals surface area (Å²) < 4.78 is 27.5. The van der Waals surface area contributed by atoms with Crippen LogP contribution in [0.5, 0.6) is 0 Å². The third-order valence-corrected chi connectivity index (χ3v) is 8.41. The molecule has 1 saturated heterocycles. The minimum absolute atomic E-state index is 0.0205. The largest absolute Gasteiger partial charge is 0.341 e. The number of carbonyl (C=O) groups is 1. The molecule has 1 aromatic carbocycles. The van der Waals surface area contributed by atoms with Gasteiger partial charge in [0.25, 0.3) is 0 Å². The van der Waals surface area contributed by atoms with Crippen LogP contribution in [0.25, 0.3) is 0 Å². The Balaban J connectivity index is 2.05. The second-order valence-electron chi connectivity index (χ2n) is 8.46. The third-order valence-electron chi connectivity index (χ3n) is 5.79. The van der Waals surface area contributed by atoms with Crippen molar-refractivity contribution in [3.05, 3.63) is 28.2 Å². The van der Waals surface area contributed by atoms with Gasteiger partial charge < -0.3 is 9.80 Å². The van der Waals surface area contributed by atoms with E-state index in [0.717, 1.165) is 26.2 Å². The molecule has 0 aliphatic carbocycles. The zero-order valence-electron chi connectivity index (χ0n) is 19.0. The summed E-state index contributed by atoms with van der Waals surface area (Å²) in [6, 6.07) is 4.44. The molecule has 1 heterocycles. The highest BCUT2D eigenvalue weighted by molar-refractivity contribution is 7.89. The molecular weight excluding hydrogens is 457 g/mol. The molecule has 1 fully saturated rings. The lowest BCUT2D eigenvalue weighted by Gasteiger charge is -2.35. The summed E-state index contributed by atoms with van der Waals surface area (Å²) in [5.74, 6) is 0.363. The van der Waals surface area contributed by atoms with Crippen LogP contribution in [0, 0.1) is 11.8 Å². The van der Waals surface area contributed by atoms with Gasteiger partial charge in [-0.25, -0.2) is 8.42 Å². The van der Waals surface area contributed by atoms with E-state index in [1.54, 1.807) is 6.07 Å². The second-order valence-corrected chi connectivity index (χ2v) is 11.2. The molecule has 0 saturated carbocycles. The summed E-state index contributed by atoms with van der Waals surface area (Å²) in [7, 11) is -3.75. The Kier molecular flexibility index (Phi) is 10.1. The summed E-state index contributed by atoms with van der Waals surface area (Å²) in [5, 5.41) is 0.479. The van der Waals surface area contributed by atoms with Gasteiger partial charge in [0.2, 0.25) is 15.9 Å². The van der Waals surface area contributed by atoms with Crippen molar-refractivity contribution in [1.29, 1.82) is 0 Å². The first kappa shape index (κ1) is 26.4. The molecule has 0 bridgehead atoms. The van der Waals surface area contributed by atoms with Crippen LogP contribution in [0.1, 0.15) is 40.5 Å². The second kappa shape index (κ2) is 11.8. The number of rotatable bonds is 10. The SMILES string of the molecule is CCN(CC)CCN(CC(C)C)C(=O)C1CCN(S(=O)(=O)c2cc(Cl)ccc2Cl)CC1. The average Bonchev–Trinajstić information content (AvgIpc) is 2.74. The van der Waals surface area contributed by atoms with E-state index in [1.165, 1.54) is 16.4 Å². The number of hydrogen-bond donors (Lipinski definition) is 0. The van der Waals surface area contributed by atoms with Gasteiger partial charge in [-0.05, 0) is 50.0 Å². The van der Waals surface area contributed by atoms with E-state index in [1.807, 2.05) is 4.90 Å². The van der Waals surface area contributed by atoms with Gasteiger partial charge in [-0.3, -0.25) is 4.79 Å². The molecule has 1 aromatic rings. The number of carbonyl (C=O) groups excluding carboxylic acids is 1. The molecule has 1 aliphatic rings. The Morgan fingerprint density at radius 3 is 2.29 bits per heavy atom. The molecule has 1 aliphatic heterocycles. The Morgan fingerprint density at radius 1 is 1.13 bits per heavy atom. The number of sulfonamides is 1. The fourth-order valence-corrected chi connectivity index (χ4v) is 6.16. The highest BCUT2D eigenvalue weighted by atomic mass is 35.5. The van der Waals surface area contributed by atoms with Crippen LogP contribution >= 0.6 is 23.2 Å². The lowest BCUT2D eigenvalue weighted by molar-refractivity contribution is -0.137. The molecule has 0 unspecified atom stereocenters. The average molecular weight is 493 g/mol. The van der Waals surface area contributed by atoms with Crippen molar-refractivity contribution in [1.82, 2.24) is 14.1 Å². The lowest BCUT2D eigenvalue weighted by Crippen LogP contribution is -2.47. The molecule has 6 nitrogen and oxygen atoms in total. The summed E-state index contributed by atoms with van der Waals surface area (Å²) in [6.45, 7) is 13.3. The summed E-state index contributed by atoms with van der Waals surface area (Å²) in [4.78, 5) is 17.5. The molecule has 0 N–H and O–H groups in total. The van der Waals surface area contributed by atoms with E-state index < -0.39 is 10.0 Å².